The molecule has 0 spiro atoms. The van der Waals surface area contributed by atoms with E-state index < -0.39 is 0 Å². The normalized spacial score (nSPS) is 15.6. The highest BCUT2D eigenvalue weighted by atomic mass is 16.7. The molecule has 0 bridgehead atoms. The van der Waals surface area contributed by atoms with Crippen LogP contribution in [0.5, 0.6) is 5.75 Å². The van der Waals surface area contributed by atoms with Crippen molar-refractivity contribution in [2.75, 3.05) is 0 Å². The summed E-state index contributed by atoms with van der Waals surface area (Å²) in [6, 6.07) is 0. The van der Waals surface area contributed by atoms with Gasteiger partial charge in [-0.3, -0.25) is 0 Å². The first kappa shape index (κ1) is 5.57. The Kier molecular flexibility index (Phi) is 1.23. The first-order valence-corrected chi connectivity index (χ1v) is 2.90. The van der Waals surface area contributed by atoms with Crippen molar-refractivity contribution in [1.29, 1.82) is 0 Å². The largest absolute Gasteiger partial charge is 0.390 e. The first-order valence-electron chi connectivity index (χ1n) is 2.90. The minimum Gasteiger partial charge on any atom is -0.390 e. The highest BCUT2D eigenvalue weighted by Gasteiger charge is 2.08. The molecular weight excluding hydrogens is 132 g/mol. The van der Waals surface area contributed by atoms with E-state index >= 15 is 0 Å². The smallest absolute Gasteiger partial charge is 0.190 e. The molecule has 2 rings (SSSR count). The third-order valence-electron chi connectivity index (χ3n) is 1.25. The zero-order chi connectivity index (χ0) is 6.81. The average Bonchev–Trinajstić information content (AvgIpc) is 2.05. The van der Waals surface area contributed by atoms with Gasteiger partial charge in [-0.2, -0.15) is 0 Å². The molecule has 0 aromatic carbocycles. The van der Waals surface area contributed by atoms with Crippen molar-refractivity contribution >= 4 is 0 Å². The van der Waals surface area contributed by atoms with Gasteiger partial charge in [0.05, 0.1) is 12.7 Å². The van der Waals surface area contributed by atoms with Gasteiger partial charge in [0, 0.05) is 0 Å². The summed E-state index contributed by atoms with van der Waals surface area (Å²) in [5.74, 6) is 0.682. The van der Waals surface area contributed by atoms with E-state index in [-0.39, 0.29) is 0 Å². The van der Waals surface area contributed by atoms with E-state index in [1.807, 2.05) is 0 Å². The Labute approximate surface area is 57.4 Å². The molecule has 0 atom stereocenters. The summed E-state index contributed by atoms with van der Waals surface area (Å²) in [5, 5.41) is 0. The van der Waals surface area contributed by atoms with E-state index in [0.29, 0.717) is 12.3 Å². The second kappa shape index (κ2) is 2.20. The van der Waals surface area contributed by atoms with Gasteiger partial charge < -0.3 is 4.84 Å². The number of rotatable bonds is 0. The summed E-state index contributed by atoms with van der Waals surface area (Å²) < 4.78 is 0. The lowest BCUT2D eigenvalue weighted by atomic mass is 10.4. The van der Waals surface area contributed by atoms with Crippen LogP contribution < -0.4 is 15.9 Å². The van der Waals surface area contributed by atoms with Crippen molar-refractivity contribution < 1.29 is 4.84 Å². The van der Waals surface area contributed by atoms with Crippen LogP contribution in [0.4, 0.5) is 0 Å². The lowest BCUT2D eigenvalue weighted by Crippen LogP contribution is -2.38. The van der Waals surface area contributed by atoms with E-state index in [0.717, 1.165) is 5.69 Å². The summed E-state index contributed by atoms with van der Waals surface area (Å²) >= 11 is 0. The van der Waals surface area contributed by atoms with Crippen LogP contribution in [0.1, 0.15) is 5.69 Å². The third-order valence-corrected chi connectivity index (χ3v) is 1.25. The van der Waals surface area contributed by atoms with Gasteiger partial charge in [0.15, 0.2) is 5.75 Å². The molecule has 0 amide bonds. The van der Waals surface area contributed by atoms with Crippen molar-refractivity contribution in [1.82, 2.24) is 21.0 Å². The van der Waals surface area contributed by atoms with Crippen LogP contribution in [0, 0.1) is 0 Å². The summed E-state index contributed by atoms with van der Waals surface area (Å²) in [6.45, 7) is 0.665. The van der Waals surface area contributed by atoms with Gasteiger partial charge >= 0.3 is 0 Å². The van der Waals surface area contributed by atoms with Crippen molar-refractivity contribution in [3.63, 3.8) is 0 Å². The minimum absolute atomic E-state index is 0.665. The van der Waals surface area contributed by atoms with E-state index in [2.05, 4.69) is 21.0 Å². The molecule has 52 valence electrons. The minimum atomic E-state index is 0.665. The Morgan fingerprint density at radius 2 is 2.60 bits per heavy atom. The number of nitrogens with one attached hydrogen (secondary N) is 2. The second-order valence-corrected chi connectivity index (χ2v) is 1.89. The third kappa shape index (κ3) is 0.810. The van der Waals surface area contributed by atoms with Crippen molar-refractivity contribution in [3.8, 4) is 5.75 Å². The maximum absolute atomic E-state index is 4.94. The van der Waals surface area contributed by atoms with Crippen LogP contribution in [-0.4, -0.2) is 9.97 Å². The van der Waals surface area contributed by atoms with Crippen LogP contribution in [0.3, 0.4) is 0 Å². The van der Waals surface area contributed by atoms with Crippen LogP contribution in [0.25, 0.3) is 0 Å². The second-order valence-electron chi connectivity index (χ2n) is 1.89. The molecule has 0 saturated heterocycles. The van der Waals surface area contributed by atoms with Gasteiger partial charge in [-0.25, -0.2) is 15.4 Å². The Morgan fingerprint density at radius 3 is 3.50 bits per heavy atom. The number of aromatic nitrogens is 2. The monoisotopic (exact) mass is 138 g/mol. The van der Waals surface area contributed by atoms with Crippen LogP contribution in [0.2, 0.25) is 0 Å². The standard InChI is InChI=1S/C5H6N4O/c1-4-5(10-9-8-1)2-6-3-7-4/h2-3,8-9H,1H2. The van der Waals surface area contributed by atoms with Crippen LogP contribution in [-0.2, 0) is 6.54 Å². The Morgan fingerprint density at radius 1 is 1.60 bits per heavy atom. The fourth-order valence-corrected chi connectivity index (χ4v) is 0.771. The SMILES string of the molecule is c1ncc2c(n1)CNNO2. The predicted octanol–water partition coefficient (Wildman–Crippen LogP) is -0.622. The molecule has 5 nitrogen and oxygen atoms in total. The van der Waals surface area contributed by atoms with E-state index in [4.69, 9.17) is 4.84 Å². The molecule has 0 unspecified atom stereocenters. The molecule has 0 radical (unpaired) electrons. The first-order chi connectivity index (χ1) is 4.97. The predicted molar refractivity (Wildman–Crippen MR) is 32.6 cm³/mol. The molecular formula is C5H6N4O. The van der Waals surface area contributed by atoms with Gasteiger partial charge in [-0.15, -0.1) is 0 Å². The lowest BCUT2D eigenvalue weighted by molar-refractivity contribution is 0.123. The highest BCUT2D eigenvalue weighted by molar-refractivity contribution is 5.23. The van der Waals surface area contributed by atoms with E-state index in [1.54, 1.807) is 6.20 Å². The fraction of sp³-hybridized carbons (Fsp3) is 0.200. The topological polar surface area (TPSA) is 59.1 Å². The van der Waals surface area contributed by atoms with Gasteiger partial charge in [0.1, 0.15) is 12.0 Å². The summed E-state index contributed by atoms with van der Waals surface area (Å²) in [5.41, 5.74) is 6.16. The molecule has 10 heavy (non-hydrogen) atoms. The summed E-state index contributed by atoms with van der Waals surface area (Å²) in [4.78, 5) is 12.7. The fourth-order valence-electron chi connectivity index (χ4n) is 0.771. The van der Waals surface area contributed by atoms with Gasteiger partial charge in [-0.05, 0) is 0 Å². The number of hydrogen-bond acceptors (Lipinski definition) is 5. The van der Waals surface area contributed by atoms with E-state index in [9.17, 15) is 0 Å². The maximum Gasteiger partial charge on any atom is 0.190 e. The lowest BCUT2D eigenvalue weighted by Gasteiger charge is -2.15. The van der Waals surface area contributed by atoms with Crippen molar-refractivity contribution in [2.45, 2.75) is 6.54 Å². The van der Waals surface area contributed by atoms with Crippen LogP contribution in [0.15, 0.2) is 12.5 Å². The quantitative estimate of drug-likeness (QED) is 0.500. The van der Waals surface area contributed by atoms with Crippen molar-refractivity contribution in [3.05, 3.63) is 18.2 Å². The molecule has 1 aromatic heterocycles. The Bertz CT molecular complexity index is 214. The molecule has 1 aromatic rings. The number of hydrogen-bond donors (Lipinski definition) is 2. The number of hydrazine groups is 1. The maximum atomic E-state index is 4.94. The average molecular weight is 138 g/mol. The number of fused-ring (bicyclic) bond motifs is 1. The summed E-state index contributed by atoms with van der Waals surface area (Å²) in [7, 11) is 0. The van der Waals surface area contributed by atoms with Crippen molar-refractivity contribution in [2.24, 2.45) is 0 Å². The Balaban J connectivity index is 2.41. The van der Waals surface area contributed by atoms with E-state index in [1.165, 1.54) is 6.33 Å². The molecule has 1 aliphatic rings. The zero-order valence-corrected chi connectivity index (χ0v) is 5.16. The zero-order valence-electron chi connectivity index (χ0n) is 5.16. The van der Waals surface area contributed by atoms with Gasteiger partial charge in [-0.1, -0.05) is 5.59 Å². The van der Waals surface area contributed by atoms with Gasteiger partial charge in [0.25, 0.3) is 0 Å². The highest BCUT2D eigenvalue weighted by Crippen LogP contribution is 2.13. The molecule has 0 aliphatic carbocycles. The number of nitrogens with zero attached hydrogens (tertiary/aromatic N) is 2. The van der Waals surface area contributed by atoms with Crippen LogP contribution >= 0.6 is 0 Å². The Hall–Kier alpha value is -1.20. The molecule has 0 saturated carbocycles. The summed E-state index contributed by atoms with van der Waals surface area (Å²) in [6.07, 6.45) is 3.12. The van der Waals surface area contributed by atoms with Gasteiger partial charge in [0.2, 0.25) is 0 Å². The molecule has 5 heteroatoms. The molecule has 2 N–H and O–H groups in total. The molecule has 1 aliphatic heterocycles. The molecule has 0 fully saturated rings. The molecule has 2 heterocycles.